The van der Waals surface area contributed by atoms with Crippen LogP contribution in [0, 0.1) is 0 Å². The molecule has 1 aliphatic heterocycles. The second kappa shape index (κ2) is 7.26. The average molecular weight is 337 g/mol. The lowest BCUT2D eigenvalue weighted by Gasteiger charge is -2.33. The fraction of sp³-hybridized carbons (Fsp3) is 0.769. The summed E-state index contributed by atoms with van der Waals surface area (Å²) in [4.78, 5) is 13.4. The van der Waals surface area contributed by atoms with E-state index in [4.69, 9.17) is 9.15 Å². The van der Waals surface area contributed by atoms with Gasteiger partial charge in [0.2, 0.25) is 17.7 Å². The summed E-state index contributed by atoms with van der Waals surface area (Å²) in [6.45, 7) is 2.27. The SMILES string of the molecule is CC(C)c1nnc([C@H]2COCCN2C(=O)COCC(F)(F)F)o1. The van der Waals surface area contributed by atoms with E-state index in [1.165, 1.54) is 4.90 Å². The Bertz CT molecular complexity index is 533. The highest BCUT2D eigenvalue weighted by atomic mass is 19.4. The molecule has 0 aromatic carbocycles. The predicted molar refractivity (Wildman–Crippen MR) is 70.5 cm³/mol. The molecular formula is C13H18F3N3O4. The van der Waals surface area contributed by atoms with Crippen LogP contribution in [0.1, 0.15) is 37.6 Å². The van der Waals surface area contributed by atoms with Crippen molar-refractivity contribution in [3.8, 4) is 0 Å². The number of amides is 1. The second-order valence-corrected chi connectivity index (χ2v) is 5.42. The largest absolute Gasteiger partial charge is 0.423 e. The van der Waals surface area contributed by atoms with Crippen LogP contribution in [0.15, 0.2) is 4.42 Å². The molecule has 130 valence electrons. The van der Waals surface area contributed by atoms with Gasteiger partial charge in [0.15, 0.2) is 0 Å². The molecule has 1 atom stereocenters. The summed E-state index contributed by atoms with van der Waals surface area (Å²) in [6, 6.07) is -0.620. The summed E-state index contributed by atoms with van der Waals surface area (Å²) in [6.07, 6.45) is -4.47. The fourth-order valence-electron chi connectivity index (χ4n) is 2.06. The van der Waals surface area contributed by atoms with Crippen LogP contribution in [0.3, 0.4) is 0 Å². The molecule has 23 heavy (non-hydrogen) atoms. The van der Waals surface area contributed by atoms with Crippen molar-refractivity contribution >= 4 is 5.91 Å². The Morgan fingerprint density at radius 1 is 1.43 bits per heavy atom. The van der Waals surface area contributed by atoms with Gasteiger partial charge in [-0.2, -0.15) is 13.2 Å². The highest BCUT2D eigenvalue weighted by molar-refractivity contribution is 5.78. The summed E-state index contributed by atoms with van der Waals surface area (Å²) in [5.41, 5.74) is 0. The Hall–Kier alpha value is -1.68. The number of halogens is 3. The van der Waals surface area contributed by atoms with Crippen molar-refractivity contribution < 1.29 is 31.9 Å². The van der Waals surface area contributed by atoms with Gasteiger partial charge in [-0.3, -0.25) is 4.79 Å². The van der Waals surface area contributed by atoms with Crippen molar-refractivity contribution in [2.45, 2.75) is 32.0 Å². The summed E-state index contributed by atoms with van der Waals surface area (Å²) >= 11 is 0. The number of hydrogen-bond donors (Lipinski definition) is 0. The van der Waals surface area contributed by atoms with Crippen LogP contribution in [0.2, 0.25) is 0 Å². The van der Waals surface area contributed by atoms with Crippen LogP contribution < -0.4 is 0 Å². The topological polar surface area (TPSA) is 77.7 Å². The number of carbonyl (C=O) groups is 1. The zero-order chi connectivity index (χ0) is 17.0. The number of alkyl halides is 3. The van der Waals surface area contributed by atoms with Crippen LogP contribution >= 0.6 is 0 Å². The molecule has 1 aliphatic rings. The molecule has 0 bridgehead atoms. The third-order valence-corrected chi connectivity index (χ3v) is 3.18. The maximum atomic E-state index is 12.1. The van der Waals surface area contributed by atoms with Crippen LogP contribution in [0.4, 0.5) is 13.2 Å². The van der Waals surface area contributed by atoms with Gasteiger partial charge < -0.3 is 18.8 Å². The first-order valence-electron chi connectivity index (χ1n) is 7.13. The zero-order valence-electron chi connectivity index (χ0n) is 12.8. The smallest absolute Gasteiger partial charge is 0.411 e. The minimum atomic E-state index is -4.47. The van der Waals surface area contributed by atoms with Crippen molar-refractivity contribution in [2.75, 3.05) is 33.0 Å². The lowest BCUT2D eigenvalue weighted by molar-refractivity contribution is -0.180. The Morgan fingerprint density at radius 2 is 2.17 bits per heavy atom. The maximum absolute atomic E-state index is 12.1. The van der Waals surface area contributed by atoms with Crippen molar-refractivity contribution in [1.82, 2.24) is 15.1 Å². The lowest BCUT2D eigenvalue weighted by Crippen LogP contribution is -2.45. The zero-order valence-corrected chi connectivity index (χ0v) is 12.8. The van der Waals surface area contributed by atoms with E-state index < -0.39 is 31.3 Å². The molecule has 10 heteroatoms. The molecule has 0 N–H and O–H groups in total. The number of hydrogen-bond acceptors (Lipinski definition) is 6. The van der Waals surface area contributed by atoms with Gasteiger partial charge in [-0.25, -0.2) is 0 Å². The van der Waals surface area contributed by atoms with E-state index in [2.05, 4.69) is 14.9 Å². The van der Waals surface area contributed by atoms with Gasteiger partial charge in [0, 0.05) is 12.5 Å². The van der Waals surface area contributed by atoms with Gasteiger partial charge in [0.05, 0.1) is 13.2 Å². The number of morpholine rings is 1. The summed E-state index contributed by atoms with van der Waals surface area (Å²) in [5.74, 6) is 0.0794. The molecule has 0 spiro atoms. The van der Waals surface area contributed by atoms with Gasteiger partial charge in [0.25, 0.3) is 0 Å². The highest BCUT2D eigenvalue weighted by Crippen LogP contribution is 2.25. The number of rotatable bonds is 5. The minimum Gasteiger partial charge on any atom is -0.423 e. The van der Waals surface area contributed by atoms with E-state index in [0.29, 0.717) is 5.89 Å². The third-order valence-electron chi connectivity index (χ3n) is 3.18. The standard InChI is InChI=1S/C13H18F3N3O4/c1-8(2)11-17-18-12(23-11)9-5-21-4-3-19(9)10(20)6-22-7-13(14,15)16/h8-9H,3-7H2,1-2H3/t9-/m1/s1. The summed E-state index contributed by atoms with van der Waals surface area (Å²) in [7, 11) is 0. The molecule has 2 rings (SSSR count). The molecule has 1 saturated heterocycles. The van der Waals surface area contributed by atoms with Gasteiger partial charge in [-0.15, -0.1) is 10.2 Å². The van der Waals surface area contributed by atoms with E-state index in [-0.39, 0.29) is 31.6 Å². The van der Waals surface area contributed by atoms with E-state index in [1.807, 2.05) is 13.8 Å². The first-order chi connectivity index (χ1) is 10.8. The molecule has 0 saturated carbocycles. The molecule has 0 radical (unpaired) electrons. The van der Waals surface area contributed by atoms with E-state index in [1.54, 1.807) is 0 Å². The Labute approximate surface area is 130 Å². The lowest BCUT2D eigenvalue weighted by atomic mass is 10.2. The Balaban J connectivity index is 2.01. The molecule has 0 aliphatic carbocycles. The second-order valence-electron chi connectivity index (χ2n) is 5.42. The van der Waals surface area contributed by atoms with Crippen molar-refractivity contribution in [3.05, 3.63) is 11.8 Å². The van der Waals surface area contributed by atoms with Crippen molar-refractivity contribution in [2.24, 2.45) is 0 Å². The van der Waals surface area contributed by atoms with Crippen molar-refractivity contribution in [1.29, 1.82) is 0 Å². The summed E-state index contributed by atoms with van der Waals surface area (Å²) < 4.78 is 51.4. The normalized spacial score (nSPS) is 19.4. The summed E-state index contributed by atoms with van der Waals surface area (Å²) in [5, 5.41) is 7.79. The maximum Gasteiger partial charge on any atom is 0.411 e. The van der Waals surface area contributed by atoms with E-state index in [9.17, 15) is 18.0 Å². The molecular weight excluding hydrogens is 319 g/mol. The molecule has 1 aromatic rings. The Morgan fingerprint density at radius 3 is 2.78 bits per heavy atom. The molecule has 1 fully saturated rings. The van der Waals surface area contributed by atoms with Crippen LogP contribution in [-0.4, -0.2) is 60.2 Å². The van der Waals surface area contributed by atoms with Gasteiger partial charge in [0.1, 0.15) is 19.3 Å². The quantitative estimate of drug-likeness (QED) is 0.813. The highest BCUT2D eigenvalue weighted by Gasteiger charge is 2.34. The van der Waals surface area contributed by atoms with Gasteiger partial charge in [-0.1, -0.05) is 13.8 Å². The number of ether oxygens (including phenoxy) is 2. The average Bonchev–Trinajstić information content (AvgIpc) is 2.95. The molecule has 7 nitrogen and oxygen atoms in total. The van der Waals surface area contributed by atoms with Crippen LogP contribution in [0.5, 0.6) is 0 Å². The number of carbonyl (C=O) groups excluding carboxylic acids is 1. The van der Waals surface area contributed by atoms with Crippen LogP contribution in [0.25, 0.3) is 0 Å². The minimum absolute atomic E-state index is 0.0278. The van der Waals surface area contributed by atoms with E-state index in [0.717, 1.165) is 0 Å². The Kier molecular flexibility index (Phi) is 5.58. The van der Waals surface area contributed by atoms with Crippen LogP contribution in [-0.2, 0) is 14.3 Å². The number of nitrogens with zero attached hydrogens (tertiary/aromatic N) is 3. The third kappa shape index (κ3) is 4.90. The molecule has 0 unspecified atom stereocenters. The number of aromatic nitrogens is 2. The fourth-order valence-corrected chi connectivity index (χ4v) is 2.06. The molecule has 1 amide bonds. The molecule has 1 aromatic heterocycles. The van der Waals surface area contributed by atoms with Gasteiger partial charge >= 0.3 is 6.18 Å². The first-order valence-corrected chi connectivity index (χ1v) is 7.13. The van der Waals surface area contributed by atoms with E-state index >= 15 is 0 Å². The predicted octanol–water partition coefficient (Wildman–Crippen LogP) is 1.67. The van der Waals surface area contributed by atoms with Crippen molar-refractivity contribution in [3.63, 3.8) is 0 Å². The van der Waals surface area contributed by atoms with Gasteiger partial charge in [-0.05, 0) is 0 Å². The first kappa shape index (κ1) is 17.7. The monoisotopic (exact) mass is 337 g/mol. The molecule has 2 heterocycles.